The van der Waals surface area contributed by atoms with Crippen molar-refractivity contribution < 1.29 is 13.2 Å². The molecule has 0 aliphatic carbocycles. The quantitative estimate of drug-likeness (QED) is 0.0753. The number of aromatic nitrogens is 6. The van der Waals surface area contributed by atoms with E-state index in [1.807, 2.05) is 77.5 Å². The number of aryl methyl sites for hydroxylation is 3. The molecule has 0 radical (unpaired) electrons. The Morgan fingerprint density at radius 2 is 0.730 bits per heavy atom. The van der Waals surface area contributed by atoms with Crippen LogP contribution >= 0.6 is 70.6 Å². The molecule has 3 fully saturated rings. The van der Waals surface area contributed by atoms with Gasteiger partial charge in [0.25, 0.3) is 0 Å². The lowest BCUT2D eigenvalue weighted by molar-refractivity contribution is 0.541. The Bertz CT molecular complexity index is 1690. The standard InChI is InChI=1S/C17H27FN2S2.C16H25FN2S2.C15H23FN2S2/c1-3-5-7-8-13-11-21-17(22-12-13)14-10-19-15(9-6-4-2)20-16(14)18;1-3-5-6-8-12-10-20-16(21-11-12)13-9-18-14(7-4-2)19-15(13)17;1-3-5-6-7-11-9-19-15(20-10-11)12-8-17-13(4-2)18-14(12)16/h10,13,17H,3-9,11-12H2,1-2H3;9,12,16H,3-8,10-11H2,1-2H3;8,11,15H,3-7,9-10H2,1-2H3. The van der Waals surface area contributed by atoms with E-state index < -0.39 is 0 Å². The normalized spacial score (nSPS) is 22.4. The number of nitrogens with zero attached hydrogens (tertiary/aromatic N) is 6. The maximum atomic E-state index is 14.2. The molecular weight excluding hydrogens is 910 g/mol. The Hall–Kier alpha value is -0.870. The van der Waals surface area contributed by atoms with Gasteiger partial charge in [0.05, 0.1) is 13.7 Å². The Morgan fingerprint density at radius 3 is 1.03 bits per heavy atom. The molecule has 6 heterocycles. The van der Waals surface area contributed by atoms with Crippen molar-refractivity contribution in [3.05, 3.63) is 70.6 Å². The highest BCUT2D eigenvalue weighted by Crippen LogP contribution is 2.49. The van der Waals surface area contributed by atoms with Crippen molar-refractivity contribution in [1.29, 1.82) is 0 Å². The predicted molar refractivity (Wildman–Crippen MR) is 274 cm³/mol. The molecule has 0 unspecified atom stereocenters. The lowest BCUT2D eigenvalue weighted by atomic mass is 10.1. The molecule has 3 aromatic rings. The first kappa shape index (κ1) is 54.7. The van der Waals surface area contributed by atoms with E-state index in [1.165, 1.54) is 77.0 Å². The van der Waals surface area contributed by atoms with Crippen LogP contribution in [-0.4, -0.2) is 64.4 Å². The molecular formula is C48H75F3N6S6. The van der Waals surface area contributed by atoms with Crippen LogP contribution in [0.1, 0.15) is 186 Å². The van der Waals surface area contributed by atoms with Crippen LogP contribution in [0.25, 0.3) is 0 Å². The van der Waals surface area contributed by atoms with Gasteiger partial charge in [-0.1, -0.05) is 106 Å². The molecule has 0 bridgehead atoms. The molecule has 15 heteroatoms. The highest BCUT2D eigenvalue weighted by Gasteiger charge is 2.29. The Kier molecular flexibility index (Phi) is 27.8. The van der Waals surface area contributed by atoms with Crippen LogP contribution in [0.15, 0.2) is 18.6 Å². The summed E-state index contributed by atoms with van der Waals surface area (Å²) in [5, 5.41) is 0. The summed E-state index contributed by atoms with van der Waals surface area (Å²) in [5.41, 5.74) is 2.03. The van der Waals surface area contributed by atoms with Gasteiger partial charge in [-0.15, -0.1) is 70.6 Å². The summed E-state index contributed by atoms with van der Waals surface area (Å²) in [6, 6.07) is 0. The van der Waals surface area contributed by atoms with Gasteiger partial charge >= 0.3 is 0 Å². The number of halogens is 3. The molecule has 63 heavy (non-hydrogen) atoms. The molecule has 0 saturated carbocycles. The van der Waals surface area contributed by atoms with Gasteiger partial charge in [-0.2, -0.15) is 13.2 Å². The van der Waals surface area contributed by atoms with Gasteiger partial charge in [0.15, 0.2) is 0 Å². The zero-order chi connectivity index (χ0) is 45.2. The molecule has 354 valence electrons. The van der Waals surface area contributed by atoms with Crippen molar-refractivity contribution >= 4 is 70.6 Å². The molecule has 6 nitrogen and oxygen atoms in total. The van der Waals surface area contributed by atoms with Crippen molar-refractivity contribution in [3.63, 3.8) is 0 Å². The highest BCUT2D eigenvalue weighted by molar-refractivity contribution is 8.17. The fraction of sp³-hybridized carbons (Fsp3) is 0.750. The summed E-state index contributed by atoms with van der Waals surface area (Å²) in [6.45, 7) is 12.8. The number of thioether (sulfide) groups is 6. The van der Waals surface area contributed by atoms with Crippen LogP contribution in [0.3, 0.4) is 0 Å². The van der Waals surface area contributed by atoms with Crippen LogP contribution in [0.2, 0.25) is 0 Å². The minimum atomic E-state index is -0.328. The first-order chi connectivity index (χ1) is 30.7. The summed E-state index contributed by atoms with van der Waals surface area (Å²) in [6.07, 6.45) is 26.1. The number of hydrogen-bond acceptors (Lipinski definition) is 12. The van der Waals surface area contributed by atoms with Gasteiger partial charge in [-0.25, -0.2) is 29.9 Å². The van der Waals surface area contributed by atoms with Crippen LogP contribution in [-0.2, 0) is 19.3 Å². The molecule has 0 aromatic carbocycles. The van der Waals surface area contributed by atoms with Crippen molar-refractivity contribution in [1.82, 2.24) is 29.9 Å². The average molecular weight is 986 g/mol. The molecule has 3 aromatic heterocycles. The third-order valence-corrected chi connectivity index (χ3v) is 21.1. The Morgan fingerprint density at radius 1 is 0.413 bits per heavy atom. The van der Waals surface area contributed by atoms with Crippen molar-refractivity contribution in [2.24, 2.45) is 17.8 Å². The minimum Gasteiger partial charge on any atom is -0.241 e. The fourth-order valence-electron chi connectivity index (χ4n) is 7.37. The third-order valence-electron chi connectivity index (χ3n) is 11.3. The summed E-state index contributed by atoms with van der Waals surface area (Å²) < 4.78 is 42.9. The largest absolute Gasteiger partial charge is 0.241 e. The van der Waals surface area contributed by atoms with E-state index in [1.54, 1.807) is 18.6 Å². The van der Waals surface area contributed by atoms with Crippen LogP contribution in [0.4, 0.5) is 13.2 Å². The Balaban J connectivity index is 0.000000208. The average Bonchev–Trinajstić information content (AvgIpc) is 3.30. The number of unbranched alkanes of at least 4 members (excludes halogenated alkanes) is 7. The maximum absolute atomic E-state index is 14.2. The van der Waals surface area contributed by atoms with Crippen molar-refractivity contribution in [2.45, 2.75) is 171 Å². The van der Waals surface area contributed by atoms with Crippen LogP contribution in [0, 0.1) is 35.6 Å². The topological polar surface area (TPSA) is 77.3 Å². The minimum absolute atomic E-state index is 0.169. The SMILES string of the molecule is CCCCCC1CSC(c2cnc(CC)nc2F)SC1.CCCCCC1CSC(c2cnc(CCC)nc2F)SC1.CCCCCC1CSC(c2cnc(CCCC)nc2F)SC1. The molecule has 3 aliphatic heterocycles. The summed E-state index contributed by atoms with van der Waals surface area (Å²) in [4.78, 5) is 24.9. The van der Waals surface area contributed by atoms with Crippen molar-refractivity contribution in [3.8, 4) is 0 Å². The molecule has 0 atom stereocenters. The smallest absolute Gasteiger partial charge is 0.221 e. The van der Waals surface area contributed by atoms with Gasteiger partial charge in [0, 0.05) is 54.5 Å². The second-order valence-electron chi connectivity index (χ2n) is 16.9. The van der Waals surface area contributed by atoms with Gasteiger partial charge in [0.2, 0.25) is 17.8 Å². The number of rotatable bonds is 21. The highest BCUT2D eigenvalue weighted by atomic mass is 32.2. The second kappa shape index (κ2) is 32.0. The maximum Gasteiger partial charge on any atom is 0.221 e. The second-order valence-corrected chi connectivity index (χ2v) is 24.6. The first-order valence-electron chi connectivity index (χ1n) is 24.0. The summed E-state index contributed by atoms with van der Waals surface area (Å²) in [7, 11) is 0. The third kappa shape index (κ3) is 19.7. The molecule has 6 rings (SSSR count). The van der Waals surface area contributed by atoms with Gasteiger partial charge in [-0.05, 0) is 84.4 Å². The molecule has 0 N–H and O–H groups in total. The van der Waals surface area contributed by atoms with E-state index in [-0.39, 0.29) is 31.6 Å². The summed E-state index contributed by atoms with van der Waals surface area (Å²) in [5.74, 6) is 10.1. The van der Waals surface area contributed by atoms with Crippen molar-refractivity contribution in [2.75, 3.05) is 34.5 Å². The van der Waals surface area contributed by atoms with Gasteiger partial charge in [0.1, 0.15) is 17.5 Å². The fourth-order valence-corrected chi connectivity index (χ4v) is 16.8. The molecule has 0 amide bonds. The molecule has 3 saturated heterocycles. The summed E-state index contributed by atoms with van der Waals surface area (Å²) >= 11 is 11.2. The molecule has 3 aliphatic rings. The van der Waals surface area contributed by atoms with Gasteiger partial charge < -0.3 is 0 Å². The van der Waals surface area contributed by atoms with Crippen LogP contribution in [0.5, 0.6) is 0 Å². The van der Waals surface area contributed by atoms with E-state index >= 15 is 0 Å². The Labute approximate surface area is 404 Å². The predicted octanol–water partition coefficient (Wildman–Crippen LogP) is 15.7. The number of hydrogen-bond donors (Lipinski definition) is 0. The van der Waals surface area contributed by atoms with E-state index in [9.17, 15) is 13.2 Å². The van der Waals surface area contributed by atoms with E-state index in [0.29, 0.717) is 40.6 Å². The van der Waals surface area contributed by atoms with E-state index in [2.05, 4.69) is 64.5 Å². The lowest BCUT2D eigenvalue weighted by Crippen LogP contribution is -2.15. The van der Waals surface area contributed by atoms with Crippen LogP contribution < -0.4 is 0 Å². The van der Waals surface area contributed by atoms with Gasteiger partial charge in [-0.3, -0.25) is 0 Å². The lowest BCUT2D eigenvalue weighted by Gasteiger charge is -2.27. The monoisotopic (exact) mass is 984 g/mol. The zero-order valence-electron chi connectivity index (χ0n) is 38.9. The van der Waals surface area contributed by atoms with E-state index in [0.717, 1.165) is 84.4 Å². The zero-order valence-corrected chi connectivity index (χ0v) is 43.8. The molecule has 0 spiro atoms. The first-order valence-corrected chi connectivity index (χ1v) is 30.3. The van der Waals surface area contributed by atoms with E-state index in [4.69, 9.17) is 0 Å².